The molecule has 3 heteroatoms. The van der Waals surface area contributed by atoms with Crippen molar-refractivity contribution in [1.29, 1.82) is 0 Å². The van der Waals surface area contributed by atoms with Crippen LogP contribution in [0.4, 0.5) is 13.2 Å². The first-order valence-corrected chi connectivity index (χ1v) is 9.53. The minimum atomic E-state index is -1.46. The van der Waals surface area contributed by atoms with Crippen molar-refractivity contribution in [2.45, 2.75) is 25.7 Å². The fourth-order valence-corrected chi connectivity index (χ4v) is 2.99. The monoisotopic (exact) mass is 390 g/mol. The van der Waals surface area contributed by atoms with Crippen molar-refractivity contribution in [2.24, 2.45) is 0 Å². The van der Waals surface area contributed by atoms with Gasteiger partial charge in [-0.25, -0.2) is 13.2 Å². The van der Waals surface area contributed by atoms with Crippen LogP contribution in [0.15, 0.2) is 73.3 Å². The van der Waals surface area contributed by atoms with Gasteiger partial charge in [-0.3, -0.25) is 0 Å². The lowest BCUT2D eigenvalue weighted by Gasteiger charge is -2.04. The quantitative estimate of drug-likeness (QED) is 0.183. The van der Waals surface area contributed by atoms with Crippen LogP contribution >= 0.6 is 0 Å². The predicted octanol–water partition coefficient (Wildman–Crippen LogP) is 7.07. The van der Waals surface area contributed by atoms with E-state index in [9.17, 15) is 13.2 Å². The molecule has 0 radical (unpaired) electrons. The van der Waals surface area contributed by atoms with Gasteiger partial charge in [-0.15, -0.1) is 6.58 Å². The highest BCUT2D eigenvalue weighted by atomic mass is 19.2. The Morgan fingerprint density at radius 2 is 1.28 bits per heavy atom. The van der Waals surface area contributed by atoms with E-state index in [4.69, 9.17) is 0 Å². The lowest BCUT2D eigenvalue weighted by molar-refractivity contribution is 0.448. The van der Waals surface area contributed by atoms with Crippen LogP contribution in [0.2, 0.25) is 0 Å². The number of halogens is 3. The summed E-state index contributed by atoms with van der Waals surface area (Å²) >= 11 is 0. The van der Waals surface area contributed by atoms with Gasteiger partial charge in [-0.2, -0.15) is 0 Å². The molecule has 0 amide bonds. The lowest BCUT2D eigenvalue weighted by atomic mass is 10.0. The third-order valence-electron chi connectivity index (χ3n) is 4.63. The molecule has 0 spiro atoms. The van der Waals surface area contributed by atoms with Crippen molar-refractivity contribution in [1.82, 2.24) is 0 Å². The van der Waals surface area contributed by atoms with Crippen LogP contribution < -0.4 is 0 Å². The largest absolute Gasteiger partial charge is 0.204 e. The molecular formula is C26H21F3. The van der Waals surface area contributed by atoms with Gasteiger partial charge in [0.15, 0.2) is 17.5 Å². The van der Waals surface area contributed by atoms with Crippen LogP contribution in [0.25, 0.3) is 11.1 Å². The molecule has 0 N–H and O–H groups in total. The van der Waals surface area contributed by atoms with E-state index in [2.05, 4.69) is 30.6 Å². The number of rotatable bonds is 6. The molecule has 0 unspecified atom stereocenters. The molecule has 0 nitrogen and oxygen atoms in total. The van der Waals surface area contributed by atoms with E-state index in [0.29, 0.717) is 5.56 Å². The van der Waals surface area contributed by atoms with Crippen molar-refractivity contribution in [3.8, 4) is 23.0 Å². The number of hydrogen-bond acceptors (Lipinski definition) is 0. The first kappa shape index (κ1) is 20.5. The minimum absolute atomic E-state index is 0.282. The molecule has 0 aliphatic heterocycles. The molecule has 3 aromatic rings. The smallest absolute Gasteiger partial charge is 0.194 e. The second-order valence-electron chi connectivity index (χ2n) is 6.81. The summed E-state index contributed by atoms with van der Waals surface area (Å²) in [7, 11) is 0. The number of hydrogen-bond donors (Lipinski definition) is 0. The van der Waals surface area contributed by atoms with Gasteiger partial charge in [0.25, 0.3) is 0 Å². The zero-order chi connectivity index (χ0) is 20.6. The van der Waals surface area contributed by atoms with Crippen LogP contribution in [-0.4, -0.2) is 0 Å². The third kappa shape index (κ3) is 5.62. The zero-order valence-corrected chi connectivity index (χ0v) is 16.0. The van der Waals surface area contributed by atoms with Crippen LogP contribution in [0.5, 0.6) is 0 Å². The molecule has 0 bridgehead atoms. The second-order valence-corrected chi connectivity index (χ2v) is 6.81. The average molecular weight is 390 g/mol. The molecule has 3 rings (SSSR count). The molecular weight excluding hydrogens is 369 g/mol. The molecule has 0 aliphatic rings. The standard InChI is InChI=1S/C26H21F3/c1-2-3-4-5-6-19-7-9-20(10-8-19)11-12-21-13-15-22(16-14-21)23-17-24(27)26(29)25(28)18-23/h2,7-10,13-18H,1,3-6H2. The van der Waals surface area contributed by atoms with Gasteiger partial charge in [-0.1, -0.05) is 42.2 Å². The van der Waals surface area contributed by atoms with Gasteiger partial charge in [0.2, 0.25) is 0 Å². The van der Waals surface area contributed by atoms with E-state index in [1.807, 2.05) is 18.2 Å². The molecule has 0 saturated heterocycles. The Kier molecular flexibility index (Phi) is 6.92. The Morgan fingerprint density at radius 1 is 0.724 bits per heavy atom. The minimum Gasteiger partial charge on any atom is -0.204 e. The van der Waals surface area contributed by atoms with Crippen molar-refractivity contribution in [3.05, 3.63) is 107 Å². The second kappa shape index (κ2) is 9.80. The van der Waals surface area contributed by atoms with Crippen LogP contribution in [0.1, 0.15) is 36.0 Å². The summed E-state index contributed by atoms with van der Waals surface area (Å²) in [6, 6.07) is 17.1. The highest BCUT2D eigenvalue weighted by Crippen LogP contribution is 2.24. The molecule has 29 heavy (non-hydrogen) atoms. The number of benzene rings is 3. The Hall–Kier alpha value is -3.25. The fraction of sp³-hybridized carbons (Fsp3) is 0.154. The molecule has 146 valence electrons. The van der Waals surface area contributed by atoms with Crippen LogP contribution in [0.3, 0.4) is 0 Å². The van der Waals surface area contributed by atoms with Gasteiger partial charge in [0.05, 0.1) is 0 Å². The first-order chi connectivity index (χ1) is 14.1. The maximum absolute atomic E-state index is 13.4. The highest BCUT2D eigenvalue weighted by molar-refractivity contribution is 5.64. The van der Waals surface area contributed by atoms with E-state index < -0.39 is 17.5 Å². The van der Waals surface area contributed by atoms with Crippen molar-refractivity contribution < 1.29 is 13.2 Å². The predicted molar refractivity (Wildman–Crippen MR) is 112 cm³/mol. The van der Waals surface area contributed by atoms with Crippen molar-refractivity contribution in [2.75, 3.05) is 0 Å². The normalized spacial score (nSPS) is 10.3. The molecule has 0 aliphatic carbocycles. The van der Waals surface area contributed by atoms with Gasteiger partial charge >= 0.3 is 0 Å². The third-order valence-corrected chi connectivity index (χ3v) is 4.63. The average Bonchev–Trinajstić information content (AvgIpc) is 2.74. The maximum Gasteiger partial charge on any atom is 0.194 e. The summed E-state index contributed by atoms with van der Waals surface area (Å²) in [6.45, 7) is 3.73. The molecule has 0 aromatic heterocycles. The van der Waals surface area contributed by atoms with Gasteiger partial charge in [-0.05, 0) is 78.8 Å². The molecule has 0 atom stereocenters. The lowest BCUT2D eigenvalue weighted by Crippen LogP contribution is -1.91. The Balaban J connectivity index is 1.66. The first-order valence-electron chi connectivity index (χ1n) is 9.53. The van der Waals surface area contributed by atoms with E-state index in [1.54, 1.807) is 24.3 Å². The van der Waals surface area contributed by atoms with Gasteiger partial charge < -0.3 is 0 Å². The van der Waals surface area contributed by atoms with Crippen molar-refractivity contribution >= 4 is 0 Å². The summed E-state index contributed by atoms with van der Waals surface area (Å²) < 4.78 is 39.9. The van der Waals surface area contributed by atoms with Crippen LogP contribution in [0, 0.1) is 29.3 Å². The molecule has 0 heterocycles. The Morgan fingerprint density at radius 3 is 1.83 bits per heavy atom. The number of aryl methyl sites for hydroxylation is 1. The van der Waals surface area contributed by atoms with E-state index in [1.165, 1.54) is 5.56 Å². The summed E-state index contributed by atoms with van der Waals surface area (Å²) in [5.74, 6) is 2.34. The topological polar surface area (TPSA) is 0 Å². The van der Waals surface area contributed by atoms with Gasteiger partial charge in [0, 0.05) is 11.1 Å². The van der Waals surface area contributed by atoms with E-state index >= 15 is 0 Å². The zero-order valence-electron chi connectivity index (χ0n) is 16.0. The summed E-state index contributed by atoms with van der Waals surface area (Å²) in [4.78, 5) is 0. The number of unbranched alkanes of at least 4 members (excludes halogenated alkanes) is 2. The molecule has 3 aromatic carbocycles. The highest BCUT2D eigenvalue weighted by Gasteiger charge is 2.11. The van der Waals surface area contributed by atoms with Crippen LogP contribution in [-0.2, 0) is 6.42 Å². The SMILES string of the molecule is C=CCCCCc1ccc(C#Cc2ccc(-c3cc(F)c(F)c(F)c3)cc2)cc1. The Bertz CT molecular complexity index is 1010. The molecule has 0 fully saturated rings. The maximum atomic E-state index is 13.4. The fourth-order valence-electron chi connectivity index (χ4n) is 2.99. The van der Waals surface area contributed by atoms with E-state index in [0.717, 1.165) is 48.9 Å². The number of allylic oxidation sites excluding steroid dienone is 1. The van der Waals surface area contributed by atoms with Gasteiger partial charge in [0.1, 0.15) is 0 Å². The summed E-state index contributed by atoms with van der Waals surface area (Å²) in [5, 5.41) is 0. The van der Waals surface area contributed by atoms with Crippen molar-refractivity contribution in [3.63, 3.8) is 0 Å². The van der Waals surface area contributed by atoms with E-state index in [-0.39, 0.29) is 5.56 Å². The summed E-state index contributed by atoms with van der Waals surface area (Å²) in [6.07, 6.45) is 6.34. The Labute approximate surface area is 169 Å². The molecule has 0 saturated carbocycles. The summed E-state index contributed by atoms with van der Waals surface area (Å²) in [5.41, 5.74) is 3.87.